The Labute approximate surface area is 223 Å². The molecule has 0 spiro atoms. The van der Waals surface area contributed by atoms with Gasteiger partial charge in [0.05, 0.1) is 11.8 Å². The Bertz CT molecular complexity index is 1010. The maximum Gasteiger partial charge on any atom is 0.304 e. The second-order valence-electron chi connectivity index (χ2n) is 11.0. The topological polar surface area (TPSA) is 72.9 Å². The molecule has 0 bridgehead atoms. The third-order valence-corrected chi connectivity index (χ3v) is 8.76. The molecule has 1 amide bonds. The van der Waals surface area contributed by atoms with Crippen LogP contribution in [0.15, 0.2) is 29.8 Å². The Kier molecular flexibility index (Phi) is 9.24. The number of hydrogen-bond donors (Lipinski definition) is 2. The molecule has 2 fully saturated rings. The van der Waals surface area contributed by atoms with Crippen LogP contribution in [0.4, 0.5) is 8.78 Å². The van der Waals surface area contributed by atoms with E-state index in [2.05, 4.69) is 16.3 Å². The summed E-state index contributed by atoms with van der Waals surface area (Å²) in [5.74, 6) is -1.53. The summed E-state index contributed by atoms with van der Waals surface area (Å²) >= 11 is 6.27. The number of carboxylic acid groups (broad SMARTS) is 1. The number of allylic oxidation sites excluding steroid dienone is 1. The van der Waals surface area contributed by atoms with Gasteiger partial charge in [-0.05, 0) is 56.1 Å². The van der Waals surface area contributed by atoms with E-state index in [9.17, 15) is 23.5 Å². The Morgan fingerprint density at radius 1 is 1.19 bits per heavy atom. The van der Waals surface area contributed by atoms with Gasteiger partial charge in [-0.15, -0.1) is 0 Å². The first-order valence-electron chi connectivity index (χ1n) is 13.4. The van der Waals surface area contributed by atoms with Gasteiger partial charge < -0.3 is 10.4 Å². The summed E-state index contributed by atoms with van der Waals surface area (Å²) in [7, 11) is 0. The van der Waals surface area contributed by atoms with Crippen LogP contribution in [0, 0.1) is 11.3 Å². The molecular weight excluding hydrogens is 500 g/mol. The predicted octanol–water partition coefficient (Wildman–Crippen LogP) is 5.27. The number of alkyl halides is 2. The fraction of sp³-hybridized carbons (Fsp3) is 0.643. The van der Waals surface area contributed by atoms with Crippen molar-refractivity contribution < 1.29 is 23.5 Å². The summed E-state index contributed by atoms with van der Waals surface area (Å²) in [6.45, 7) is 5.45. The molecule has 204 valence electrons. The Hall–Kier alpha value is -2.03. The van der Waals surface area contributed by atoms with E-state index in [0.717, 1.165) is 32.5 Å². The van der Waals surface area contributed by atoms with Crippen molar-refractivity contribution >= 4 is 23.5 Å². The summed E-state index contributed by atoms with van der Waals surface area (Å²) in [5, 5.41) is 13.1. The number of aliphatic carboxylic acids is 1. The van der Waals surface area contributed by atoms with Gasteiger partial charge in [-0.1, -0.05) is 42.3 Å². The second kappa shape index (κ2) is 12.2. The lowest BCUT2D eigenvalue weighted by Crippen LogP contribution is -2.53. The molecule has 2 heterocycles. The molecular formula is C28H38ClF2N3O3. The van der Waals surface area contributed by atoms with Crippen LogP contribution in [0.2, 0.25) is 5.02 Å². The van der Waals surface area contributed by atoms with Gasteiger partial charge >= 0.3 is 5.97 Å². The van der Waals surface area contributed by atoms with E-state index in [1.165, 1.54) is 43.4 Å². The van der Waals surface area contributed by atoms with Crippen LogP contribution in [0.25, 0.3) is 0 Å². The van der Waals surface area contributed by atoms with E-state index in [1.807, 2.05) is 11.8 Å². The predicted molar refractivity (Wildman–Crippen MR) is 140 cm³/mol. The SMILES string of the molecule is C[C@H]1CN(Cc2c(Cl)cccc2C(F)F)C[C@@]1(CC(=O)O)C(=O)NC1CCN(CC2=CCCCC2)CC1. The number of piperidine rings is 1. The van der Waals surface area contributed by atoms with Gasteiger partial charge in [0.2, 0.25) is 5.91 Å². The van der Waals surface area contributed by atoms with E-state index in [0.29, 0.717) is 12.1 Å². The molecule has 1 aliphatic carbocycles. The first-order chi connectivity index (χ1) is 17.7. The Morgan fingerprint density at radius 2 is 1.95 bits per heavy atom. The van der Waals surface area contributed by atoms with Crippen LogP contribution in [0.1, 0.15) is 69.4 Å². The van der Waals surface area contributed by atoms with Crippen molar-refractivity contribution in [1.82, 2.24) is 15.1 Å². The van der Waals surface area contributed by atoms with E-state index in [4.69, 9.17) is 11.6 Å². The standard InChI is InChI=1S/C28H38ClF2N3O3/c1-19-15-34(17-23-22(26(30)31)8-5-9-24(23)29)18-28(19,14-25(35)36)27(37)32-21-10-12-33(13-11-21)16-20-6-3-2-4-7-20/h5-6,8-9,19,21,26H,2-4,7,10-18H2,1H3,(H,32,37)(H,35,36)/t19-,28+/m0/s1. The van der Waals surface area contributed by atoms with Gasteiger partial charge in [0.15, 0.2) is 0 Å². The van der Waals surface area contributed by atoms with E-state index < -0.39 is 17.8 Å². The first kappa shape index (κ1) is 28.0. The third-order valence-electron chi connectivity index (χ3n) is 8.41. The van der Waals surface area contributed by atoms with E-state index >= 15 is 0 Å². The summed E-state index contributed by atoms with van der Waals surface area (Å²) in [5.41, 5.74) is 0.597. The fourth-order valence-corrected chi connectivity index (χ4v) is 6.49. The number of carbonyl (C=O) groups is 2. The number of carbonyl (C=O) groups excluding carboxylic acids is 1. The molecule has 3 aliphatic rings. The van der Waals surface area contributed by atoms with Crippen LogP contribution in [0.5, 0.6) is 0 Å². The molecule has 0 radical (unpaired) electrons. The molecule has 2 N–H and O–H groups in total. The number of amides is 1. The molecule has 2 aliphatic heterocycles. The highest BCUT2D eigenvalue weighted by Crippen LogP contribution is 2.41. The third kappa shape index (κ3) is 6.70. The second-order valence-corrected chi connectivity index (χ2v) is 11.4. The highest BCUT2D eigenvalue weighted by Gasteiger charge is 2.51. The maximum absolute atomic E-state index is 13.7. The fourth-order valence-electron chi connectivity index (χ4n) is 6.25. The number of nitrogens with one attached hydrogen (secondary N) is 1. The number of benzene rings is 1. The Morgan fingerprint density at radius 3 is 2.59 bits per heavy atom. The van der Waals surface area contributed by atoms with Crippen molar-refractivity contribution in [2.75, 3.05) is 32.7 Å². The summed E-state index contributed by atoms with van der Waals surface area (Å²) in [6.07, 6.45) is 5.95. The molecule has 2 atom stereocenters. The van der Waals surface area contributed by atoms with Crippen molar-refractivity contribution in [2.24, 2.45) is 11.3 Å². The zero-order chi connectivity index (χ0) is 26.6. The molecule has 4 rings (SSSR count). The lowest BCUT2D eigenvalue weighted by atomic mass is 9.75. The van der Waals surface area contributed by atoms with Gasteiger partial charge in [0.25, 0.3) is 6.43 Å². The molecule has 6 nitrogen and oxygen atoms in total. The zero-order valence-corrected chi connectivity index (χ0v) is 22.3. The molecule has 0 unspecified atom stereocenters. The number of rotatable bonds is 9. The maximum atomic E-state index is 13.7. The normalized spacial score (nSPS) is 25.9. The highest BCUT2D eigenvalue weighted by atomic mass is 35.5. The summed E-state index contributed by atoms with van der Waals surface area (Å²) in [6, 6.07) is 4.45. The quantitative estimate of drug-likeness (QED) is 0.420. The minimum atomic E-state index is -2.67. The molecule has 0 aromatic heterocycles. The number of nitrogens with zero attached hydrogens (tertiary/aromatic N) is 2. The van der Waals surface area contributed by atoms with Crippen molar-refractivity contribution in [3.05, 3.63) is 46.0 Å². The smallest absolute Gasteiger partial charge is 0.304 e. The van der Waals surface area contributed by atoms with Gasteiger partial charge in [-0.3, -0.25) is 19.4 Å². The molecule has 0 saturated carbocycles. The monoisotopic (exact) mass is 537 g/mol. The van der Waals surface area contributed by atoms with Crippen LogP contribution in [-0.4, -0.2) is 65.5 Å². The summed E-state index contributed by atoms with van der Waals surface area (Å²) < 4.78 is 27.2. The summed E-state index contributed by atoms with van der Waals surface area (Å²) in [4.78, 5) is 29.8. The average Bonchev–Trinajstić information content (AvgIpc) is 3.17. The number of hydrogen-bond acceptors (Lipinski definition) is 4. The van der Waals surface area contributed by atoms with Crippen LogP contribution >= 0.6 is 11.6 Å². The molecule has 1 aromatic carbocycles. The van der Waals surface area contributed by atoms with Crippen LogP contribution in [-0.2, 0) is 16.1 Å². The number of halogens is 3. The van der Waals surface area contributed by atoms with Gasteiger partial charge in [-0.25, -0.2) is 8.78 Å². The molecule has 37 heavy (non-hydrogen) atoms. The van der Waals surface area contributed by atoms with E-state index in [-0.39, 0.29) is 48.0 Å². The van der Waals surface area contributed by atoms with Gasteiger partial charge in [-0.2, -0.15) is 0 Å². The van der Waals surface area contributed by atoms with Crippen molar-refractivity contribution in [3.8, 4) is 0 Å². The highest BCUT2D eigenvalue weighted by molar-refractivity contribution is 6.31. The largest absolute Gasteiger partial charge is 0.481 e. The minimum Gasteiger partial charge on any atom is -0.481 e. The zero-order valence-electron chi connectivity index (χ0n) is 21.5. The van der Waals surface area contributed by atoms with Gasteiger partial charge in [0, 0.05) is 55.9 Å². The molecule has 2 saturated heterocycles. The Balaban J connectivity index is 1.40. The number of likely N-dealkylation sites (tertiary alicyclic amines) is 2. The van der Waals surface area contributed by atoms with Crippen LogP contribution in [0.3, 0.4) is 0 Å². The molecule has 1 aromatic rings. The van der Waals surface area contributed by atoms with Crippen molar-refractivity contribution in [3.63, 3.8) is 0 Å². The van der Waals surface area contributed by atoms with Gasteiger partial charge in [0.1, 0.15) is 0 Å². The van der Waals surface area contributed by atoms with Crippen molar-refractivity contribution in [1.29, 1.82) is 0 Å². The van der Waals surface area contributed by atoms with Crippen LogP contribution < -0.4 is 5.32 Å². The average molecular weight is 538 g/mol. The first-order valence-corrected chi connectivity index (χ1v) is 13.8. The van der Waals surface area contributed by atoms with E-state index in [1.54, 1.807) is 6.07 Å². The number of carboxylic acids is 1. The lowest BCUT2D eigenvalue weighted by Gasteiger charge is -2.36. The van der Waals surface area contributed by atoms with Crippen molar-refractivity contribution in [2.45, 2.75) is 70.9 Å². The lowest BCUT2D eigenvalue weighted by molar-refractivity contribution is -0.147. The molecule has 9 heteroatoms. The minimum absolute atomic E-state index is 0.00464.